The Labute approximate surface area is 141 Å². The maximum atomic E-state index is 10.9. The zero-order valence-corrected chi connectivity index (χ0v) is 13.8. The van der Waals surface area contributed by atoms with Gasteiger partial charge in [0, 0.05) is 12.5 Å². The van der Waals surface area contributed by atoms with Gasteiger partial charge in [-0.25, -0.2) is 4.79 Å². The van der Waals surface area contributed by atoms with Crippen LogP contribution in [0, 0.1) is 5.92 Å². The number of aliphatic carboxylic acids is 3. The lowest BCUT2D eigenvalue weighted by Crippen LogP contribution is -2.23. The second-order valence-electron chi connectivity index (χ2n) is 5.35. The molecule has 8 nitrogen and oxygen atoms in total. The van der Waals surface area contributed by atoms with Crippen LogP contribution in [0.25, 0.3) is 0 Å². The average Bonchev–Trinajstić information content (AvgIpc) is 2.52. The first-order valence-corrected chi connectivity index (χ1v) is 7.83. The van der Waals surface area contributed by atoms with Crippen LogP contribution in [0.2, 0.25) is 0 Å². The summed E-state index contributed by atoms with van der Waals surface area (Å²) < 4.78 is 0. The highest BCUT2D eigenvalue weighted by atomic mass is 16.4. The third-order valence-electron chi connectivity index (χ3n) is 3.23. The molecule has 0 bridgehead atoms. The molecule has 0 heterocycles. The molecule has 8 heteroatoms. The molecule has 0 aromatic carbocycles. The second-order valence-corrected chi connectivity index (χ2v) is 5.35. The largest absolute Gasteiger partial charge is 0.481 e. The lowest BCUT2D eigenvalue weighted by Gasteiger charge is -2.15. The Bertz CT molecular complexity index is 380. The Morgan fingerprint density at radius 2 is 1.46 bits per heavy atom. The molecule has 0 aliphatic heterocycles. The van der Waals surface area contributed by atoms with Crippen molar-refractivity contribution in [1.29, 1.82) is 0 Å². The predicted molar refractivity (Wildman–Crippen MR) is 86.6 cm³/mol. The lowest BCUT2D eigenvalue weighted by atomic mass is 9.95. The molecule has 0 saturated carbocycles. The molecule has 0 spiro atoms. The van der Waals surface area contributed by atoms with Gasteiger partial charge in [0.25, 0.3) is 0 Å². The van der Waals surface area contributed by atoms with Crippen LogP contribution in [0.3, 0.4) is 0 Å². The van der Waals surface area contributed by atoms with Gasteiger partial charge in [0.2, 0.25) is 0 Å². The van der Waals surface area contributed by atoms with Crippen molar-refractivity contribution in [3.8, 4) is 0 Å². The van der Waals surface area contributed by atoms with Crippen molar-refractivity contribution in [2.75, 3.05) is 6.61 Å². The van der Waals surface area contributed by atoms with Gasteiger partial charge >= 0.3 is 17.9 Å². The van der Waals surface area contributed by atoms with Crippen molar-refractivity contribution < 1.29 is 39.9 Å². The number of unbranched alkanes of at least 4 members (excludes halogenated alkanes) is 4. The summed E-state index contributed by atoms with van der Waals surface area (Å²) in [4.78, 5) is 30.5. The van der Waals surface area contributed by atoms with Crippen LogP contribution in [0.1, 0.15) is 51.4 Å². The first-order chi connectivity index (χ1) is 11.2. The fraction of sp³-hybridized carbons (Fsp3) is 0.688. The number of carbonyl (C=O) groups is 3. The van der Waals surface area contributed by atoms with Crippen molar-refractivity contribution >= 4 is 17.9 Å². The summed E-state index contributed by atoms with van der Waals surface area (Å²) in [5.74, 6) is -3.34. The van der Waals surface area contributed by atoms with Gasteiger partial charge < -0.3 is 25.5 Å². The molecule has 0 aromatic rings. The van der Waals surface area contributed by atoms with Gasteiger partial charge in [0.1, 0.15) is 0 Å². The normalized spacial score (nSPS) is 12.4. The molecule has 2 unspecified atom stereocenters. The van der Waals surface area contributed by atoms with Crippen molar-refractivity contribution in [3.05, 3.63) is 12.7 Å². The second kappa shape index (κ2) is 15.9. The number of carboxylic acid groups (broad SMARTS) is 3. The standard InChI is InChI=1S/C13H24O6.C3H4O2/c14-9-11(15)8-10(13(18)19)6-4-2-1-3-5-7-12(16)17;1-2-3(4)5/h10-11,14-15H,1-9H2,(H,16,17)(H,18,19);2H,1H2,(H,4,5). The fourth-order valence-electron chi connectivity index (χ4n) is 1.94. The van der Waals surface area contributed by atoms with E-state index in [1.165, 1.54) is 0 Å². The molecule has 2 atom stereocenters. The molecular weight excluding hydrogens is 320 g/mol. The van der Waals surface area contributed by atoms with Gasteiger partial charge in [-0.2, -0.15) is 0 Å². The summed E-state index contributed by atoms with van der Waals surface area (Å²) in [5.41, 5.74) is 0. The van der Waals surface area contributed by atoms with Crippen LogP contribution in [-0.2, 0) is 14.4 Å². The van der Waals surface area contributed by atoms with E-state index >= 15 is 0 Å². The summed E-state index contributed by atoms with van der Waals surface area (Å²) >= 11 is 0. The minimum absolute atomic E-state index is 0.0743. The Hall–Kier alpha value is -1.93. The third kappa shape index (κ3) is 18.1. The molecule has 0 saturated heterocycles. The molecule has 0 aliphatic carbocycles. The van der Waals surface area contributed by atoms with Crippen LogP contribution in [0.5, 0.6) is 0 Å². The molecule has 0 fully saturated rings. The van der Waals surface area contributed by atoms with Crippen LogP contribution in [0.4, 0.5) is 0 Å². The van der Waals surface area contributed by atoms with Crippen LogP contribution in [0.15, 0.2) is 12.7 Å². The molecular formula is C16H28O8. The molecule has 140 valence electrons. The monoisotopic (exact) mass is 348 g/mol. The maximum absolute atomic E-state index is 10.9. The first kappa shape index (κ1) is 24.3. The Kier molecular flexibility index (Phi) is 16.2. The van der Waals surface area contributed by atoms with E-state index in [-0.39, 0.29) is 12.8 Å². The SMILES string of the molecule is C=CC(=O)O.O=C(O)CCCCCCCC(CC(O)CO)C(=O)O. The van der Waals surface area contributed by atoms with Gasteiger partial charge in [-0.05, 0) is 19.3 Å². The van der Waals surface area contributed by atoms with Gasteiger partial charge in [0.15, 0.2) is 0 Å². The highest BCUT2D eigenvalue weighted by Gasteiger charge is 2.20. The number of hydrogen-bond acceptors (Lipinski definition) is 5. The van der Waals surface area contributed by atoms with Crippen molar-refractivity contribution in [2.45, 2.75) is 57.5 Å². The van der Waals surface area contributed by atoms with Crippen molar-refractivity contribution in [1.82, 2.24) is 0 Å². The van der Waals surface area contributed by atoms with Crippen LogP contribution in [-0.4, -0.2) is 56.2 Å². The maximum Gasteiger partial charge on any atom is 0.327 e. The van der Waals surface area contributed by atoms with Gasteiger partial charge in [-0.1, -0.05) is 32.3 Å². The van der Waals surface area contributed by atoms with Crippen molar-refractivity contribution in [3.63, 3.8) is 0 Å². The van der Waals surface area contributed by atoms with Gasteiger partial charge in [-0.15, -0.1) is 0 Å². The number of aliphatic hydroxyl groups excluding tert-OH is 2. The minimum Gasteiger partial charge on any atom is -0.481 e. The Balaban J connectivity index is 0. The predicted octanol–water partition coefficient (Wildman–Crippen LogP) is 1.50. The number of hydrogen-bond donors (Lipinski definition) is 5. The highest BCUT2D eigenvalue weighted by molar-refractivity contribution is 5.78. The van der Waals surface area contributed by atoms with E-state index in [0.29, 0.717) is 12.8 Å². The Morgan fingerprint density at radius 1 is 0.958 bits per heavy atom. The van der Waals surface area contributed by atoms with E-state index in [2.05, 4.69) is 6.58 Å². The molecule has 5 N–H and O–H groups in total. The molecule has 0 amide bonds. The topological polar surface area (TPSA) is 152 Å². The van der Waals surface area contributed by atoms with E-state index < -0.39 is 36.5 Å². The van der Waals surface area contributed by atoms with E-state index in [1.54, 1.807) is 0 Å². The fourth-order valence-corrected chi connectivity index (χ4v) is 1.94. The molecule has 24 heavy (non-hydrogen) atoms. The summed E-state index contributed by atoms with van der Waals surface area (Å²) in [6.07, 6.45) is 4.57. The van der Waals surface area contributed by atoms with E-state index in [4.69, 9.17) is 20.4 Å². The molecule has 0 rings (SSSR count). The molecule has 0 aromatic heterocycles. The van der Waals surface area contributed by atoms with Crippen LogP contribution < -0.4 is 0 Å². The number of aliphatic hydroxyl groups is 2. The minimum atomic E-state index is -0.981. The van der Waals surface area contributed by atoms with E-state index in [9.17, 15) is 19.5 Å². The third-order valence-corrected chi connectivity index (χ3v) is 3.23. The smallest absolute Gasteiger partial charge is 0.327 e. The highest BCUT2D eigenvalue weighted by Crippen LogP contribution is 2.17. The average molecular weight is 348 g/mol. The van der Waals surface area contributed by atoms with E-state index in [1.807, 2.05) is 0 Å². The lowest BCUT2D eigenvalue weighted by molar-refractivity contribution is -0.143. The number of rotatable bonds is 13. The number of carboxylic acids is 3. The molecule has 0 aliphatic rings. The summed E-state index contributed by atoms with van der Waals surface area (Å²) in [7, 11) is 0. The van der Waals surface area contributed by atoms with Gasteiger partial charge in [-0.3, -0.25) is 9.59 Å². The molecule has 0 radical (unpaired) electrons. The quantitative estimate of drug-likeness (QED) is 0.248. The summed E-state index contributed by atoms with van der Waals surface area (Å²) in [6, 6.07) is 0. The Morgan fingerprint density at radius 3 is 1.88 bits per heavy atom. The van der Waals surface area contributed by atoms with Crippen LogP contribution >= 0.6 is 0 Å². The summed E-state index contributed by atoms with van der Waals surface area (Å²) in [5, 5.41) is 42.9. The van der Waals surface area contributed by atoms with Gasteiger partial charge in [0.05, 0.1) is 18.6 Å². The summed E-state index contributed by atoms with van der Waals surface area (Å²) in [6.45, 7) is 2.54. The van der Waals surface area contributed by atoms with Crippen molar-refractivity contribution in [2.24, 2.45) is 5.92 Å². The first-order valence-electron chi connectivity index (χ1n) is 7.83. The zero-order chi connectivity index (χ0) is 19.0. The zero-order valence-electron chi connectivity index (χ0n) is 13.8. The van der Waals surface area contributed by atoms with E-state index in [0.717, 1.165) is 31.8 Å².